The third-order valence-electron chi connectivity index (χ3n) is 6.31. The topological polar surface area (TPSA) is 145 Å². The molecule has 2 N–H and O–H groups in total. The molecule has 3 aromatic carbocycles. The summed E-state index contributed by atoms with van der Waals surface area (Å²) >= 11 is 0. The molecule has 0 saturated heterocycles. The summed E-state index contributed by atoms with van der Waals surface area (Å²) in [6.45, 7) is 1.88. The fourth-order valence-corrected chi connectivity index (χ4v) is 4.49. The Labute approximate surface area is 215 Å². The average molecular weight is 512 g/mol. The molecule has 0 unspecified atom stereocenters. The molecule has 1 aliphatic rings. The van der Waals surface area contributed by atoms with Gasteiger partial charge in [0.15, 0.2) is 11.5 Å². The number of rotatable bonds is 4. The smallest absolute Gasteiger partial charge is 0.357 e. The lowest BCUT2D eigenvalue weighted by Gasteiger charge is -2.20. The first-order chi connectivity index (χ1) is 18.2. The SMILES string of the molecule is COC(=O)c1c(-c2cc(O)c3c(c2)C(=O)c2cccc(O)c2C3=O)nn(-c2ccc(C)cc2)c1C(=O)OC. The zero-order chi connectivity index (χ0) is 27.3. The number of methoxy groups -OCH3 is 2. The first-order valence-electron chi connectivity index (χ1n) is 11.3. The fourth-order valence-electron chi connectivity index (χ4n) is 4.49. The number of benzene rings is 3. The lowest BCUT2D eigenvalue weighted by Crippen LogP contribution is -2.21. The lowest BCUT2D eigenvalue weighted by atomic mass is 9.82. The van der Waals surface area contributed by atoms with Gasteiger partial charge in [-0.1, -0.05) is 29.8 Å². The van der Waals surface area contributed by atoms with E-state index in [1.54, 1.807) is 24.3 Å². The van der Waals surface area contributed by atoms with Gasteiger partial charge in [0.1, 0.15) is 22.8 Å². The fraction of sp³-hybridized carbons (Fsp3) is 0.107. The number of hydrogen-bond donors (Lipinski definition) is 2. The van der Waals surface area contributed by atoms with Gasteiger partial charge in [-0.25, -0.2) is 14.3 Å². The number of phenols is 2. The van der Waals surface area contributed by atoms with Gasteiger partial charge >= 0.3 is 11.9 Å². The van der Waals surface area contributed by atoms with Crippen molar-refractivity contribution < 1.29 is 38.9 Å². The second-order valence-corrected chi connectivity index (χ2v) is 8.58. The van der Waals surface area contributed by atoms with Crippen LogP contribution in [0.3, 0.4) is 0 Å². The summed E-state index contributed by atoms with van der Waals surface area (Å²) in [6.07, 6.45) is 0. The number of carbonyl (C=O) groups is 4. The summed E-state index contributed by atoms with van der Waals surface area (Å²) in [7, 11) is 2.28. The van der Waals surface area contributed by atoms with E-state index in [1.165, 1.54) is 28.9 Å². The molecule has 0 radical (unpaired) electrons. The van der Waals surface area contributed by atoms with Gasteiger partial charge in [0.25, 0.3) is 0 Å². The molecular formula is C28H20N2O8. The summed E-state index contributed by atoms with van der Waals surface area (Å²) in [5, 5.41) is 25.5. The maximum atomic E-state index is 13.3. The molecule has 4 aromatic rings. The number of carbonyl (C=O) groups excluding carboxylic acids is 4. The molecule has 10 heteroatoms. The van der Waals surface area contributed by atoms with Crippen LogP contribution < -0.4 is 0 Å². The largest absolute Gasteiger partial charge is 0.507 e. The Kier molecular flexibility index (Phi) is 5.79. The summed E-state index contributed by atoms with van der Waals surface area (Å²) < 4.78 is 11.1. The van der Waals surface area contributed by atoms with E-state index in [4.69, 9.17) is 9.47 Å². The van der Waals surface area contributed by atoms with Crippen molar-refractivity contribution in [3.8, 4) is 28.4 Å². The van der Waals surface area contributed by atoms with Crippen molar-refractivity contribution in [1.29, 1.82) is 0 Å². The number of hydrogen-bond acceptors (Lipinski definition) is 9. The number of esters is 2. The van der Waals surface area contributed by atoms with E-state index in [0.29, 0.717) is 5.69 Å². The van der Waals surface area contributed by atoms with Gasteiger partial charge in [0.05, 0.1) is 31.0 Å². The van der Waals surface area contributed by atoms with Crippen molar-refractivity contribution in [1.82, 2.24) is 9.78 Å². The van der Waals surface area contributed by atoms with Crippen LogP contribution in [0.5, 0.6) is 11.5 Å². The Morgan fingerprint density at radius 3 is 2.13 bits per heavy atom. The highest BCUT2D eigenvalue weighted by molar-refractivity contribution is 6.30. The van der Waals surface area contributed by atoms with Crippen LogP contribution in [0.25, 0.3) is 16.9 Å². The van der Waals surface area contributed by atoms with E-state index < -0.39 is 29.3 Å². The molecule has 0 aliphatic heterocycles. The highest BCUT2D eigenvalue weighted by atomic mass is 16.5. The number of ketones is 2. The van der Waals surface area contributed by atoms with Crippen LogP contribution in [-0.4, -0.2) is 57.7 Å². The Balaban J connectivity index is 1.79. The van der Waals surface area contributed by atoms with Gasteiger partial charge < -0.3 is 19.7 Å². The molecule has 5 rings (SSSR count). The number of aromatic hydroxyl groups is 2. The van der Waals surface area contributed by atoms with Crippen molar-refractivity contribution in [3.63, 3.8) is 0 Å². The summed E-state index contributed by atoms with van der Waals surface area (Å²) in [6, 6.07) is 13.5. The van der Waals surface area contributed by atoms with Crippen molar-refractivity contribution in [3.05, 3.63) is 93.7 Å². The monoisotopic (exact) mass is 512 g/mol. The van der Waals surface area contributed by atoms with E-state index in [-0.39, 0.29) is 50.5 Å². The van der Waals surface area contributed by atoms with E-state index in [1.807, 2.05) is 6.92 Å². The Hall–Kier alpha value is -5.25. The normalized spacial score (nSPS) is 12.1. The first-order valence-corrected chi connectivity index (χ1v) is 11.3. The second kappa shape index (κ2) is 9.00. The highest BCUT2D eigenvalue weighted by Crippen LogP contribution is 2.40. The van der Waals surface area contributed by atoms with Crippen LogP contribution in [-0.2, 0) is 9.47 Å². The van der Waals surface area contributed by atoms with Gasteiger partial charge in [0, 0.05) is 16.7 Å². The standard InChI is InChI=1S/C28H20N2O8/c1-13-7-9-15(10-8-13)30-24(28(36)38-3)22(27(35)37-2)23(29-30)14-11-17-21(19(32)12-14)26(34)20-16(25(17)33)5-4-6-18(20)31/h4-12,31-32H,1-3H3. The number of phenolic OH excluding ortho intramolecular Hbond substituents is 2. The van der Waals surface area contributed by atoms with Gasteiger partial charge in [-0.05, 0) is 37.3 Å². The molecular weight excluding hydrogens is 492 g/mol. The van der Waals surface area contributed by atoms with Gasteiger partial charge in [-0.2, -0.15) is 5.10 Å². The summed E-state index contributed by atoms with van der Waals surface area (Å²) in [5.74, 6) is -4.08. The minimum Gasteiger partial charge on any atom is -0.507 e. The van der Waals surface area contributed by atoms with Gasteiger partial charge in [-0.3, -0.25) is 9.59 Å². The number of aryl methyl sites for hydroxylation is 1. The Bertz CT molecular complexity index is 1680. The van der Waals surface area contributed by atoms with Crippen LogP contribution in [0.15, 0.2) is 54.6 Å². The molecule has 0 fully saturated rings. The van der Waals surface area contributed by atoms with E-state index >= 15 is 0 Å². The third-order valence-corrected chi connectivity index (χ3v) is 6.31. The first kappa shape index (κ1) is 24.4. The highest BCUT2D eigenvalue weighted by Gasteiger charge is 2.37. The minimum absolute atomic E-state index is 0.0346. The van der Waals surface area contributed by atoms with Crippen LogP contribution in [0.2, 0.25) is 0 Å². The average Bonchev–Trinajstić information content (AvgIpc) is 3.31. The van der Waals surface area contributed by atoms with E-state index in [2.05, 4.69) is 5.10 Å². The minimum atomic E-state index is -0.909. The molecule has 0 spiro atoms. The van der Waals surface area contributed by atoms with Crippen LogP contribution in [0.4, 0.5) is 0 Å². The summed E-state index contributed by atoms with van der Waals surface area (Å²) in [5.41, 5.74) is 0.197. The molecule has 1 aromatic heterocycles. The maximum absolute atomic E-state index is 13.3. The lowest BCUT2D eigenvalue weighted by molar-refractivity contribution is 0.0549. The van der Waals surface area contributed by atoms with Crippen LogP contribution in [0, 0.1) is 6.92 Å². The number of fused-ring (bicyclic) bond motifs is 2. The summed E-state index contributed by atoms with van der Waals surface area (Å²) in [4.78, 5) is 52.3. The molecule has 0 bridgehead atoms. The maximum Gasteiger partial charge on any atom is 0.357 e. The number of aromatic nitrogens is 2. The molecule has 0 amide bonds. The van der Waals surface area contributed by atoms with Crippen molar-refractivity contribution in [2.75, 3.05) is 14.2 Å². The molecule has 38 heavy (non-hydrogen) atoms. The molecule has 0 atom stereocenters. The third kappa shape index (κ3) is 3.62. The van der Waals surface area contributed by atoms with Crippen LogP contribution in [0.1, 0.15) is 58.3 Å². The van der Waals surface area contributed by atoms with Crippen molar-refractivity contribution in [2.45, 2.75) is 6.92 Å². The predicted octanol–water partition coefficient (Wildman–Crippen LogP) is 3.61. The molecule has 0 saturated carbocycles. The van der Waals surface area contributed by atoms with Crippen molar-refractivity contribution >= 4 is 23.5 Å². The predicted molar refractivity (Wildman–Crippen MR) is 133 cm³/mol. The van der Waals surface area contributed by atoms with E-state index in [9.17, 15) is 29.4 Å². The number of ether oxygens (including phenoxy) is 2. The molecule has 10 nitrogen and oxygen atoms in total. The van der Waals surface area contributed by atoms with Crippen molar-refractivity contribution in [2.24, 2.45) is 0 Å². The molecule has 1 aliphatic carbocycles. The van der Waals surface area contributed by atoms with Gasteiger partial charge in [0.2, 0.25) is 5.78 Å². The quantitative estimate of drug-likeness (QED) is 0.345. The Morgan fingerprint density at radius 2 is 1.47 bits per heavy atom. The zero-order valence-electron chi connectivity index (χ0n) is 20.4. The Morgan fingerprint density at radius 1 is 0.816 bits per heavy atom. The molecule has 190 valence electrons. The van der Waals surface area contributed by atoms with E-state index in [0.717, 1.165) is 25.8 Å². The number of nitrogens with zero attached hydrogens (tertiary/aromatic N) is 2. The second-order valence-electron chi connectivity index (χ2n) is 8.58. The zero-order valence-corrected chi connectivity index (χ0v) is 20.4. The van der Waals surface area contributed by atoms with Crippen LogP contribution >= 0.6 is 0 Å². The molecule has 1 heterocycles. The van der Waals surface area contributed by atoms with Gasteiger partial charge in [-0.15, -0.1) is 0 Å².